The number of oxime groups is 1. The lowest BCUT2D eigenvalue weighted by atomic mass is 9.85. The minimum absolute atomic E-state index is 0.192. The van der Waals surface area contributed by atoms with Crippen molar-refractivity contribution in [1.29, 1.82) is 0 Å². The number of ketones is 1. The third kappa shape index (κ3) is 5.66. The van der Waals surface area contributed by atoms with Gasteiger partial charge in [-0.1, -0.05) is 52.3 Å². The van der Waals surface area contributed by atoms with Gasteiger partial charge in [-0.3, -0.25) is 4.79 Å². The van der Waals surface area contributed by atoms with Crippen LogP contribution in [-0.4, -0.2) is 16.7 Å². The quantitative estimate of drug-likeness (QED) is 0.462. The van der Waals surface area contributed by atoms with Crippen molar-refractivity contribution in [2.75, 3.05) is 0 Å². The topological polar surface area (TPSA) is 49.7 Å². The lowest BCUT2D eigenvalue weighted by Crippen LogP contribution is -2.21. The molecule has 0 atom stereocenters. The Labute approximate surface area is 105 Å². The second-order valence-electron chi connectivity index (χ2n) is 6.58. The van der Waals surface area contributed by atoms with Gasteiger partial charge >= 0.3 is 0 Å². The number of nitrogens with zero attached hydrogens (tertiary/aromatic N) is 1. The van der Waals surface area contributed by atoms with Crippen LogP contribution in [0.1, 0.15) is 54.9 Å². The van der Waals surface area contributed by atoms with Crippen LogP contribution in [0.3, 0.4) is 0 Å². The molecular weight excluding hydrogens is 214 g/mol. The number of carbonyl (C=O) groups is 1. The van der Waals surface area contributed by atoms with Crippen molar-refractivity contribution in [2.45, 2.75) is 54.9 Å². The molecule has 0 saturated carbocycles. The van der Waals surface area contributed by atoms with Crippen LogP contribution < -0.4 is 0 Å². The monoisotopic (exact) mass is 239 g/mol. The van der Waals surface area contributed by atoms with Gasteiger partial charge in [0.2, 0.25) is 0 Å². The summed E-state index contributed by atoms with van der Waals surface area (Å²) in [6.07, 6.45) is 2.20. The van der Waals surface area contributed by atoms with Gasteiger partial charge in [-0.05, 0) is 13.0 Å². The first-order valence-corrected chi connectivity index (χ1v) is 5.91. The number of rotatable bonds is 3. The highest BCUT2D eigenvalue weighted by Crippen LogP contribution is 2.22. The highest BCUT2D eigenvalue weighted by Gasteiger charge is 2.22. The summed E-state index contributed by atoms with van der Waals surface area (Å²) in [7, 11) is 0. The van der Waals surface area contributed by atoms with Crippen molar-refractivity contribution >= 4 is 11.5 Å². The molecule has 3 nitrogen and oxygen atoms in total. The number of hydrogen-bond donors (Lipinski definition) is 1. The van der Waals surface area contributed by atoms with E-state index < -0.39 is 0 Å². The smallest absolute Gasteiger partial charge is 0.142 e. The van der Waals surface area contributed by atoms with E-state index in [4.69, 9.17) is 5.21 Å². The average molecular weight is 239 g/mol. The van der Waals surface area contributed by atoms with Crippen LogP contribution in [-0.2, 0) is 4.79 Å². The molecule has 0 spiro atoms. The molecule has 0 rings (SSSR count). The van der Waals surface area contributed by atoms with Crippen LogP contribution in [0.2, 0.25) is 0 Å². The third-order valence-electron chi connectivity index (χ3n) is 2.54. The molecule has 0 fully saturated rings. The van der Waals surface area contributed by atoms with Crippen molar-refractivity contribution in [1.82, 2.24) is 0 Å². The molecule has 0 aromatic carbocycles. The molecule has 0 unspecified atom stereocenters. The van der Waals surface area contributed by atoms with Gasteiger partial charge in [0.05, 0.1) is 5.71 Å². The van der Waals surface area contributed by atoms with E-state index in [9.17, 15) is 4.79 Å². The SMILES string of the molecule is C/C(=C/C(=N/O)C(C)(C)C)CC(=O)C(C)(C)C. The molecule has 0 aromatic rings. The third-order valence-corrected chi connectivity index (χ3v) is 2.54. The van der Waals surface area contributed by atoms with Crippen LogP contribution in [0.15, 0.2) is 16.8 Å². The Kier molecular flexibility index (Phi) is 5.12. The van der Waals surface area contributed by atoms with Crippen LogP contribution in [0, 0.1) is 10.8 Å². The fourth-order valence-corrected chi connectivity index (χ4v) is 1.20. The maximum absolute atomic E-state index is 11.9. The average Bonchev–Trinajstić information content (AvgIpc) is 2.10. The Morgan fingerprint density at radius 2 is 1.59 bits per heavy atom. The minimum Gasteiger partial charge on any atom is -0.411 e. The lowest BCUT2D eigenvalue weighted by molar-refractivity contribution is -0.125. The number of allylic oxidation sites excluding steroid dienone is 2. The maximum atomic E-state index is 11.9. The molecule has 0 aliphatic carbocycles. The summed E-state index contributed by atoms with van der Waals surface area (Å²) < 4.78 is 0. The molecule has 0 amide bonds. The van der Waals surface area contributed by atoms with Gasteiger partial charge in [0, 0.05) is 17.3 Å². The van der Waals surface area contributed by atoms with E-state index in [2.05, 4.69) is 5.16 Å². The highest BCUT2D eigenvalue weighted by atomic mass is 16.4. The second kappa shape index (κ2) is 5.48. The zero-order chi connectivity index (χ0) is 13.9. The first kappa shape index (κ1) is 15.9. The van der Waals surface area contributed by atoms with Crippen LogP contribution in [0.5, 0.6) is 0 Å². The van der Waals surface area contributed by atoms with Crippen molar-refractivity contribution in [3.8, 4) is 0 Å². The largest absolute Gasteiger partial charge is 0.411 e. The predicted octanol–water partition coefficient (Wildman–Crippen LogP) is 3.81. The summed E-state index contributed by atoms with van der Waals surface area (Å²) in [5.74, 6) is 0.192. The fraction of sp³-hybridized carbons (Fsp3) is 0.714. The predicted molar refractivity (Wildman–Crippen MR) is 71.5 cm³/mol. The highest BCUT2D eigenvalue weighted by molar-refractivity contribution is 5.99. The molecule has 17 heavy (non-hydrogen) atoms. The molecule has 1 N–H and O–H groups in total. The molecule has 98 valence electrons. The molecule has 0 aromatic heterocycles. The summed E-state index contributed by atoms with van der Waals surface area (Å²) in [6.45, 7) is 13.5. The number of Topliss-reactive ketones (excluding diaryl/α,β-unsaturated/α-hetero) is 1. The molecule has 0 radical (unpaired) electrons. The molecular formula is C14H25NO2. The molecule has 0 bridgehead atoms. The zero-order valence-corrected chi connectivity index (χ0v) is 12.1. The van der Waals surface area contributed by atoms with E-state index in [1.807, 2.05) is 48.5 Å². The van der Waals surface area contributed by atoms with E-state index in [0.29, 0.717) is 12.1 Å². The maximum Gasteiger partial charge on any atom is 0.142 e. The summed E-state index contributed by atoms with van der Waals surface area (Å²) in [5, 5.41) is 12.3. The summed E-state index contributed by atoms with van der Waals surface area (Å²) in [4.78, 5) is 11.9. The Balaban J connectivity index is 4.84. The minimum atomic E-state index is -0.326. The van der Waals surface area contributed by atoms with E-state index in [0.717, 1.165) is 5.57 Å². The van der Waals surface area contributed by atoms with Crippen LogP contribution in [0.4, 0.5) is 0 Å². The Bertz CT molecular complexity index is 338. The van der Waals surface area contributed by atoms with Crippen LogP contribution in [0.25, 0.3) is 0 Å². The van der Waals surface area contributed by atoms with Gasteiger partial charge < -0.3 is 5.21 Å². The van der Waals surface area contributed by atoms with E-state index >= 15 is 0 Å². The molecule has 0 aliphatic rings. The number of carbonyl (C=O) groups excluding carboxylic acids is 1. The van der Waals surface area contributed by atoms with Gasteiger partial charge in [-0.25, -0.2) is 0 Å². The van der Waals surface area contributed by atoms with Gasteiger partial charge in [0.25, 0.3) is 0 Å². The Hall–Kier alpha value is -1.12. The lowest BCUT2D eigenvalue weighted by Gasteiger charge is -2.19. The van der Waals surface area contributed by atoms with Gasteiger partial charge in [0.1, 0.15) is 5.78 Å². The standard InChI is InChI=1S/C14H25NO2/c1-10(9-12(16)14(5,6)7)8-11(15-17)13(2,3)4/h8,17H,9H2,1-7H3/b10-8-,15-11-. The van der Waals surface area contributed by atoms with E-state index in [-0.39, 0.29) is 16.6 Å². The van der Waals surface area contributed by atoms with Crippen molar-refractivity contribution < 1.29 is 10.0 Å². The fourth-order valence-electron chi connectivity index (χ4n) is 1.20. The zero-order valence-electron chi connectivity index (χ0n) is 12.1. The van der Waals surface area contributed by atoms with Gasteiger partial charge in [0.15, 0.2) is 0 Å². The summed E-state index contributed by atoms with van der Waals surface area (Å²) in [6, 6.07) is 0. The van der Waals surface area contributed by atoms with Crippen molar-refractivity contribution in [2.24, 2.45) is 16.0 Å². The summed E-state index contributed by atoms with van der Waals surface area (Å²) >= 11 is 0. The Morgan fingerprint density at radius 1 is 1.12 bits per heavy atom. The van der Waals surface area contributed by atoms with E-state index in [1.165, 1.54) is 0 Å². The van der Waals surface area contributed by atoms with Crippen molar-refractivity contribution in [3.05, 3.63) is 11.6 Å². The van der Waals surface area contributed by atoms with E-state index in [1.54, 1.807) is 6.08 Å². The molecule has 0 aliphatic heterocycles. The Morgan fingerprint density at radius 3 is 1.88 bits per heavy atom. The second-order valence-corrected chi connectivity index (χ2v) is 6.58. The first-order valence-electron chi connectivity index (χ1n) is 5.91. The first-order chi connectivity index (χ1) is 7.48. The molecule has 0 heterocycles. The van der Waals surface area contributed by atoms with Crippen molar-refractivity contribution in [3.63, 3.8) is 0 Å². The van der Waals surface area contributed by atoms with Gasteiger partial charge in [-0.2, -0.15) is 0 Å². The van der Waals surface area contributed by atoms with Crippen LogP contribution >= 0.6 is 0 Å². The summed E-state index contributed by atoms with van der Waals surface area (Å²) in [5.41, 5.74) is 0.970. The molecule has 0 saturated heterocycles. The normalized spacial score (nSPS) is 15.0. The molecule has 3 heteroatoms. The number of hydrogen-bond acceptors (Lipinski definition) is 3. The van der Waals surface area contributed by atoms with Gasteiger partial charge in [-0.15, -0.1) is 0 Å².